The van der Waals surface area contributed by atoms with Gasteiger partial charge in [-0.25, -0.2) is 4.98 Å². The fourth-order valence-corrected chi connectivity index (χ4v) is 3.53. The number of rotatable bonds is 4. The number of aryl methyl sites for hydroxylation is 2. The first kappa shape index (κ1) is 14.8. The summed E-state index contributed by atoms with van der Waals surface area (Å²) in [6.07, 6.45) is 0. The van der Waals surface area contributed by atoms with E-state index in [2.05, 4.69) is 17.2 Å². The van der Waals surface area contributed by atoms with Crippen molar-refractivity contribution in [3.05, 3.63) is 49.4 Å². The van der Waals surface area contributed by atoms with E-state index < -0.39 is 0 Å². The Hall–Kier alpha value is -0.610. The molecule has 0 bridgehead atoms. The van der Waals surface area contributed by atoms with Crippen LogP contribution in [0.5, 0.6) is 0 Å². The van der Waals surface area contributed by atoms with Crippen LogP contribution in [0.25, 0.3) is 0 Å². The van der Waals surface area contributed by atoms with Crippen LogP contribution < -0.4 is 5.32 Å². The van der Waals surface area contributed by atoms with Crippen molar-refractivity contribution < 1.29 is 0 Å². The number of nitrogens with one attached hydrogen (secondary N) is 1. The highest BCUT2D eigenvalue weighted by atomic mass is 35.5. The molecule has 1 heterocycles. The van der Waals surface area contributed by atoms with E-state index in [1.807, 2.05) is 26.0 Å². The van der Waals surface area contributed by atoms with Gasteiger partial charge in [0.2, 0.25) is 0 Å². The van der Waals surface area contributed by atoms with E-state index >= 15 is 0 Å². The van der Waals surface area contributed by atoms with Gasteiger partial charge in [0.05, 0.1) is 16.7 Å². The third-order valence-electron chi connectivity index (χ3n) is 2.88. The Bertz CT molecular complexity index is 581. The summed E-state index contributed by atoms with van der Waals surface area (Å²) >= 11 is 14.1. The fraction of sp³-hybridized carbons (Fsp3) is 0.357. The van der Waals surface area contributed by atoms with Gasteiger partial charge < -0.3 is 5.32 Å². The van der Waals surface area contributed by atoms with Crippen LogP contribution in [-0.4, -0.2) is 11.5 Å². The molecular weight excluding hydrogens is 299 g/mol. The monoisotopic (exact) mass is 314 g/mol. The summed E-state index contributed by atoms with van der Waals surface area (Å²) in [5.41, 5.74) is 2.05. The molecule has 102 valence electrons. The Morgan fingerprint density at radius 3 is 2.63 bits per heavy atom. The predicted molar refractivity (Wildman–Crippen MR) is 83.6 cm³/mol. The average molecular weight is 315 g/mol. The molecule has 0 amide bonds. The van der Waals surface area contributed by atoms with Crippen molar-refractivity contribution in [2.45, 2.75) is 26.8 Å². The highest BCUT2D eigenvalue weighted by Gasteiger charge is 2.21. The lowest BCUT2D eigenvalue weighted by atomic mass is 10.0. The zero-order chi connectivity index (χ0) is 14.0. The molecule has 2 rings (SSSR count). The van der Waals surface area contributed by atoms with Crippen LogP contribution >= 0.6 is 34.5 Å². The van der Waals surface area contributed by atoms with Gasteiger partial charge in [0.1, 0.15) is 0 Å². The van der Waals surface area contributed by atoms with Gasteiger partial charge >= 0.3 is 0 Å². The van der Waals surface area contributed by atoms with Crippen LogP contribution in [0.15, 0.2) is 18.2 Å². The molecule has 0 aliphatic rings. The lowest BCUT2D eigenvalue weighted by Gasteiger charge is -2.19. The van der Waals surface area contributed by atoms with Crippen LogP contribution in [0.4, 0.5) is 0 Å². The third-order valence-corrected chi connectivity index (χ3v) is 4.60. The molecule has 0 saturated carbocycles. The molecule has 19 heavy (non-hydrogen) atoms. The summed E-state index contributed by atoms with van der Waals surface area (Å²) in [4.78, 5) is 5.69. The molecule has 5 heteroatoms. The fourth-order valence-electron chi connectivity index (χ4n) is 2.10. The lowest BCUT2D eigenvalue weighted by molar-refractivity contribution is 0.636. The summed E-state index contributed by atoms with van der Waals surface area (Å²) in [5.74, 6) is 0. The highest BCUT2D eigenvalue weighted by molar-refractivity contribution is 7.11. The minimum absolute atomic E-state index is 0.0439. The highest BCUT2D eigenvalue weighted by Crippen LogP contribution is 2.34. The van der Waals surface area contributed by atoms with Crippen LogP contribution in [0, 0.1) is 13.8 Å². The molecule has 1 atom stereocenters. The number of halogens is 2. The number of thiazole rings is 1. The van der Waals surface area contributed by atoms with Crippen molar-refractivity contribution in [1.29, 1.82) is 0 Å². The minimum atomic E-state index is 0.0439. The number of hydrogen-bond acceptors (Lipinski definition) is 3. The topological polar surface area (TPSA) is 24.9 Å². The molecular formula is C14H16Cl2N2S. The molecule has 2 aromatic rings. The summed E-state index contributed by atoms with van der Waals surface area (Å²) in [5, 5.41) is 5.95. The SMILES string of the molecule is CCNC(c1cc(Cl)ccc1Cl)c1sc(C)nc1C. The van der Waals surface area contributed by atoms with E-state index in [0.29, 0.717) is 5.02 Å². The van der Waals surface area contributed by atoms with Crippen LogP contribution in [-0.2, 0) is 0 Å². The van der Waals surface area contributed by atoms with Gasteiger partial charge in [-0.2, -0.15) is 0 Å². The Morgan fingerprint density at radius 2 is 2.05 bits per heavy atom. The smallest absolute Gasteiger partial charge is 0.0900 e. The standard InChI is InChI=1S/C14H16Cl2N2S/c1-4-17-13(14-8(2)18-9(3)19-14)11-7-10(15)5-6-12(11)16/h5-7,13,17H,4H2,1-3H3. The molecule has 1 aromatic carbocycles. The summed E-state index contributed by atoms with van der Waals surface area (Å²) in [7, 11) is 0. The zero-order valence-corrected chi connectivity index (χ0v) is 13.5. The van der Waals surface area contributed by atoms with Gasteiger partial charge in [-0.15, -0.1) is 11.3 Å². The van der Waals surface area contributed by atoms with Gasteiger partial charge in [0, 0.05) is 14.9 Å². The van der Waals surface area contributed by atoms with Crippen molar-refractivity contribution in [3.8, 4) is 0 Å². The van der Waals surface area contributed by atoms with E-state index in [1.54, 1.807) is 17.4 Å². The van der Waals surface area contributed by atoms with Gasteiger partial charge in [-0.3, -0.25) is 0 Å². The quantitative estimate of drug-likeness (QED) is 0.879. The molecule has 0 saturated heterocycles. The van der Waals surface area contributed by atoms with Gasteiger partial charge in [-0.05, 0) is 44.2 Å². The maximum absolute atomic E-state index is 6.32. The number of hydrogen-bond donors (Lipinski definition) is 1. The normalized spacial score (nSPS) is 12.7. The van der Waals surface area contributed by atoms with Crippen LogP contribution in [0.3, 0.4) is 0 Å². The van der Waals surface area contributed by atoms with Crippen molar-refractivity contribution >= 4 is 34.5 Å². The number of nitrogens with zero attached hydrogens (tertiary/aromatic N) is 1. The summed E-state index contributed by atoms with van der Waals surface area (Å²) in [6, 6.07) is 5.61. The van der Waals surface area contributed by atoms with E-state index in [1.165, 1.54) is 4.88 Å². The summed E-state index contributed by atoms with van der Waals surface area (Å²) < 4.78 is 0. The largest absolute Gasteiger partial charge is 0.306 e. The van der Waals surface area contributed by atoms with Crippen molar-refractivity contribution in [1.82, 2.24) is 10.3 Å². The van der Waals surface area contributed by atoms with Gasteiger partial charge in [0.25, 0.3) is 0 Å². The Kier molecular flexibility index (Phi) is 4.85. The Morgan fingerprint density at radius 1 is 1.32 bits per heavy atom. The first-order valence-electron chi connectivity index (χ1n) is 6.15. The Balaban J connectivity index is 2.51. The van der Waals surface area contributed by atoms with Crippen molar-refractivity contribution in [2.75, 3.05) is 6.54 Å². The molecule has 0 aliphatic carbocycles. The molecule has 0 fully saturated rings. The third kappa shape index (κ3) is 3.29. The minimum Gasteiger partial charge on any atom is -0.306 e. The van der Waals surface area contributed by atoms with Crippen molar-refractivity contribution in [3.63, 3.8) is 0 Å². The second-order valence-electron chi connectivity index (χ2n) is 4.34. The van der Waals surface area contributed by atoms with Crippen LogP contribution in [0.1, 0.15) is 34.1 Å². The molecule has 1 aromatic heterocycles. The maximum atomic E-state index is 6.32. The summed E-state index contributed by atoms with van der Waals surface area (Å²) in [6.45, 7) is 6.98. The van der Waals surface area contributed by atoms with E-state index in [9.17, 15) is 0 Å². The van der Waals surface area contributed by atoms with Gasteiger partial charge in [-0.1, -0.05) is 30.1 Å². The second kappa shape index (κ2) is 6.23. The van der Waals surface area contributed by atoms with E-state index in [0.717, 1.165) is 27.8 Å². The molecule has 1 N–H and O–H groups in total. The van der Waals surface area contributed by atoms with Gasteiger partial charge in [0.15, 0.2) is 0 Å². The first-order chi connectivity index (χ1) is 9.02. The average Bonchev–Trinajstić information content (AvgIpc) is 2.69. The molecule has 0 spiro atoms. The second-order valence-corrected chi connectivity index (χ2v) is 6.42. The number of benzene rings is 1. The molecule has 2 nitrogen and oxygen atoms in total. The zero-order valence-electron chi connectivity index (χ0n) is 11.1. The van der Waals surface area contributed by atoms with E-state index in [-0.39, 0.29) is 6.04 Å². The van der Waals surface area contributed by atoms with Crippen molar-refractivity contribution in [2.24, 2.45) is 0 Å². The molecule has 0 radical (unpaired) electrons. The molecule has 0 aliphatic heterocycles. The maximum Gasteiger partial charge on any atom is 0.0900 e. The van der Waals surface area contributed by atoms with E-state index in [4.69, 9.17) is 23.2 Å². The van der Waals surface area contributed by atoms with Crippen LogP contribution in [0.2, 0.25) is 10.0 Å². The Labute approximate surface area is 127 Å². The number of aromatic nitrogens is 1. The molecule has 1 unspecified atom stereocenters. The first-order valence-corrected chi connectivity index (χ1v) is 7.72. The predicted octanol–water partition coefficient (Wildman–Crippen LogP) is 4.77. The lowest BCUT2D eigenvalue weighted by Crippen LogP contribution is -2.22.